The molecule has 28 heavy (non-hydrogen) atoms. The average molecular weight is 399 g/mol. The van der Waals surface area contributed by atoms with Gasteiger partial charge in [0, 0.05) is 10.9 Å². The topological polar surface area (TPSA) is 77.9 Å². The van der Waals surface area contributed by atoms with Gasteiger partial charge in [-0.3, -0.25) is 0 Å². The van der Waals surface area contributed by atoms with Gasteiger partial charge < -0.3 is 19.3 Å². The molecule has 7 heteroatoms. The van der Waals surface area contributed by atoms with Crippen LogP contribution < -0.4 is 14.2 Å². The van der Waals surface area contributed by atoms with Crippen LogP contribution in [-0.4, -0.2) is 36.4 Å². The van der Waals surface area contributed by atoms with Crippen LogP contribution in [0, 0.1) is 13.8 Å². The number of carboxylic acid groups (broad SMARTS) is 1. The molecule has 2 aromatic carbocycles. The predicted molar refractivity (Wildman–Crippen MR) is 108 cm³/mol. The molecule has 0 fully saturated rings. The number of carboxylic acids is 1. The molecule has 0 aliphatic heterocycles. The van der Waals surface area contributed by atoms with Crippen molar-refractivity contribution in [1.82, 2.24) is 4.98 Å². The number of hydrogen-bond donors (Lipinski definition) is 1. The second-order valence-corrected chi connectivity index (χ2v) is 6.96. The highest BCUT2D eigenvalue weighted by Crippen LogP contribution is 2.34. The molecule has 0 saturated heterocycles. The maximum Gasteiger partial charge on any atom is 0.355 e. The van der Waals surface area contributed by atoms with Gasteiger partial charge in [-0.05, 0) is 49.2 Å². The zero-order chi connectivity index (χ0) is 20.1. The maximum absolute atomic E-state index is 11.0. The van der Waals surface area contributed by atoms with Crippen LogP contribution in [-0.2, 0) is 0 Å². The quantitative estimate of drug-likeness (QED) is 0.558. The fraction of sp³-hybridized carbons (Fsp3) is 0.238. The third-order valence-electron chi connectivity index (χ3n) is 4.29. The van der Waals surface area contributed by atoms with Gasteiger partial charge in [-0.25, -0.2) is 9.78 Å². The number of methoxy groups -OCH3 is 1. The number of nitrogens with zero attached hydrogens (tertiary/aromatic N) is 1. The molecule has 0 aliphatic rings. The molecule has 0 bridgehead atoms. The smallest absolute Gasteiger partial charge is 0.355 e. The Hall–Kier alpha value is -3.06. The van der Waals surface area contributed by atoms with Gasteiger partial charge in [0.05, 0.1) is 7.11 Å². The Kier molecular flexibility index (Phi) is 6.16. The third kappa shape index (κ3) is 4.43. The van der Waals surface area contributed by atoms with Crippen molar-refractivity contribution in [2.24, 2.45) is 0 Å². The Morgan fingerprint density at radius 3 is 2.50 bits per heavy atom. The van der Waals surface area contributed by atoms with Crippen LogP contribution in [0.25, 0.3) is 10.6 Å². The lowest BCUT2D eigenvalue weighted by molar-refractivity contribution is 0.0691. The van der Waals surface area contributed by atoms with E-state index in [4.69, 9.17) is 19.3 Å². The lowest BCUT2D eigenvalue weighted by atomic mass is 10.1. The van der Waals surface area contributed by atoms with Gasteiger partial charge in [-0.1, -0.05) is 12.1 Å². The number of thiazole rings is 1. The van der Waals surface area contributed by atoms with Crippen LogP contribution >= 0.6 is 11.3 Å². The zero-order valence-electron chi connectivity index (χ0n) is 15.9. The summed E-state index contributed by atoms with van der Waals surface area (Å²) in [7, 11) is 1.57. The first-order valence-electron chi connectivity index (χ1n) is 8.68. The number of ether oxygens (including phenoxy) is 3. The van der Waals surface area contributed by atoms with Crippen LogP contribution in [0.1, 0.15) is 21.6 Å². The summed E-state index contributed by atoms with van der Waals surface area (Å²) in [6.45, 7) is 4.80. The fourth-order valence-electron chi connectivity index (χ4n) is 2.61. The second-order valence-electron chi connectivity index (χ2n) is 6.10. The van der Waals surface area contributed by atoms with E-state index in [9.17, 15) is 4.79 Å². The summed E-state index contributed by atoms with van der Waals surface area (Å²) in [5.74, 6) is 0.937. The van der Waals surface area contributed by atoms with E-state index in [1.807, 2.05) is 38.1 Å². The molecule has 3 aromatic rings. The minimum atomic E-state index is -1.05. The summed E-state index contributed by atoms with van der Waals surface area (Å²) in [5, 5.41) is 11.2. The lowest BCUT2D eigenvalue weighted by Gasteiger charge is -2.14. The molecule has 1 heterocycles. The van der Waals surface area contributed by atoms with Gasteiger partial charge in [0.15, 0.2) is 17.2 Å². The van der Waals surface area contributed by atoms with Crippen molar-refractivity contribution in [1.29, 1.82) is 0 Å². The molecule has 146 valence electrons. The number of aryl methyl sites for hydroxylation is 1. The molecule has 0 saturated carbocycles. The van der Waals surface area contributed by atoms with Crippen molar-refractivity contribution >= 4 is 17.3 Å². The van der Waals surface area contributed by atoms with Crippen molar-refractivity contribution in [3.63, 3.8) is 0 Å². The van der Waals surface area contributed by atoms with Crippen molar-refractivity contribution in [2.75, 3.05) is 20.3 Å². The van der Waals surface area contributed by atoms with Gasteiger partial charge in [-0.2, -0.15) is 0 Å². The normalized spacial score (nSPS) is 10.5. The van der Waals surface area contributed by atoms with Crippen LogP contribution in [0.5, 0.6) is 17.2 Å². The minimum Gasteiger partial charge on any atom is -0.493 e. The summed E-state index contributed by atoms with van der Waals surface area (Å²) < 4.78 is 17.0. The van der Waals surface area contributed by atoms with Gasteiger partial charge in [-0.15, -0.1) is 11.3 Å². The summed E-state index contributed by atoms with van der Waals surface area (Å²) in [4.78, 5) is 15.2. The molecule has 0 atom stereocenters. The van der Waals surface area contributed by atoms with Crippen molar-refractivity contribution in [2.45, 2.75) is 13.8 Å². The van der Waals surface area contributed by atoms with E-state index in [1.165, 1.54) is 22.3 Å². The first-order chi connectivity index (χ1) is 13.5. The van der Waals surface area contributed by atoms with E-state index in [2.05, 4.69) is 4.98 Å². The average Bonchev–Trinajstić information content (AvgIpc) is 3.19. The fourth-order valence-corrected chi connectivity index (χ4v) is 3.40. The molecule has 3 rings (SSSR count). The Morgan fingerprint density at radius 1 is 1.07 bits per heavy atom. The number of benzene rings is 2. The highest BCUT2D eigenvalue weighted by atomic mass is 32.1. The molecule has 1 N–H and O–H groups in total. The van der Waals surface area contributed by atoms with Crippen molar-refractivity contribution < 1.29 is 24.1 Å². The highest BCUT2D eigenvalue weighted by molar-refractivity contribution is 7.13. The first kappa shape index (κ1) is 19.7. The van der Waals surface area contributed by atoms with E-state index in [1.54, 1.807) is 19.2 Å². The number of carbonyl (C=O) groups is 1. The SMILES string of the molecule is COc1ccc(-c2nc(C(=O)O)cs2)cc1OCCOc1cccc(C)c1C. The Morgan fingerprint density at radius 2 is 1.82 bits per heavy atom. The van der Waals surface area contributed by atoms with Crippen LogP contribution in [0.3, 0.4) is 0 Å². The number of aromatic carboxylic acids is 1. The standard InChI is InChI=1S/C21H21NO5S/c1-13-5-4-6-17(14(13)2)26-9-10-27-19-11-15(7-8-18(19)25-3)20-22-16(12-28-20)21(23)24/h4-8,11-12H,9-10H2,1-3H3,(H,23,24). The lowest BCUT2D eigenvalue weighted by Crippen LogP contribution is -2.10. The minimum absolute atomic E-state index is 0.0280. The van der Waals surface area contributed by atoms with Crippen molar-refractivity contribution in [3.05, 3.63) is 58.6 Å². The van der Waals surface area contributed by atoms with Crippen LogP contribution in [0.4, 0.5) is 0 Å². The van der Waals surface area contributed by atoms with Crippen molar-refractivity contribution in [3.8, 4) is 27.8 Å². The zero-order valence-corrected chi connectivity index (χ0v) is 16.7. The van der Waals surface area contributed by atoms with Gasteiger partial charge in [0.25, 0.3) is 0 Å². The molecular formula is C21H21NO5S. The molecule has 0 unspecified atom stereocenters. The van der Waals surface area contributed by atoms with Gasteiger partial charge in [0.2, 0.25) is 0 Å². The molecular weight excluding hydrogens is 378 g/mol. The summed E-state index contributed by atoms with van der Waals surface area (Å²) in [6.07, 6.45) is 0. The molecule has 6 nitrogen and oxygen atoms in total. The van der Waals surface area contributed by atoms with E-state index in [0.29, 0.717) is 29.7 Å². The second kappa shape index (κ2) is 8.75. The van der Waals surface area contributed by atoms with Crippen LogP contribution in [0.2, 0.25) is 0 Å². The number of rotatable bonds is 8. The summed E-state index contributed by atoms with van der Waals surface area (Å²) in [6, 6.07) is 11.3. The van der Waals surface area contributed by atoms with E-state index < -0.39 is 5.97 Å². The predicted octanol–water partition coefficient (Wildman–Crippen LogP) is 4.59. The van der Waals surface area contributed by atoms with Gasteiger partial charge in [0.1, 0.15) is 24.0 Å². The Bertz CT molecular complexity index is 983. The van der Waals surface area contributed by atoms with E-state index in [-0.39, 0.29) is 5.69 Å². The Labute approximate surface area is 167 Å². The molecule has 1 aromatic heterocycles. The monoisotopic (exact) mass is 399 g/mol. The third-order valence-corrected chi connectivity index (χ3v) is 5.18. The number of hydrogen-bond acceptors (Lipinski definition) is 6. The maximum atomic E-state index is 11.0. The molecule has 0 aliphatic carbocycles. The largest absolute Gasteiger partial charge is 0.493 e. The highest BCUT2D eigenvalue weighted by Gasteiger charge is 2.13. The van der Waals surface area contributed by atoms with Gasteiger partial charge >= 0.3 is 5.97 Å². The van der Waals surface area contributed by atoms with Crippen LogP contribution in [0.15, 0.2) is 41.8 Å². The first-order valence-corrected chi connectivity index (χ1v) is 9.56. The van der Waals surface area contributed by atoms with E-state index in [0.717, 1.165) is 16.9 Å². The number of aromatic nitrogens is 1. The Balaban J connectivity index is 1.68. The summed E-state index contributed by atoms with van der Waals surface area (Å²) >= 11 is 1.27. The molecule has 0 radical (unpaired) electrons. The van der Waals surface area contributed by atoms with E-state index >= 15 is 0 Å². The molecule has 0 amide bonds. The summed E-state index contributed by atoms with van der Waals surface area (Å²) in [5.41, 5.74) is 3.08. The molecule has 0 spiro atoms.